The van der Waals surface area contributed by atoms with Crippen LogP contribution in [0.2, 0.25) is 0 Å². The molecule has 3 N–H and O–H groups in total. The Hall–Kier alpha value is -1.06. The minimum absolute atomic E-state index is 0.288. The Bertz CT molecular complexity index is 292. The average Bonchev–Trinajstić information content (AvgIpc) is 2.06. The van der Waals surface area contributed by atoms with Gasteiger partial charge in [-0.25, -0.2) is 0 Å². The van der Waals surface area contributed by atoms with Crippen molar-refractivity contribution in [2.45, 2.75) is 26.0 Å². The average molecular weight is 195 g/mol. The first kappa shape index (κ1) is 11.0. The van der Waals surface area contributed by atoms with Crippen LogP contribution in [0.1, 0.15) is 19.4 Å². The molecule has 0 saturated carbocycles. The summed E-state index contributed by atoms with van der Waals surface area (Å²) in [6, 6.07) is 7.17. The lowest BCUT2D eigenvalue weighted by Gasteiger charge is -2.17. The van der Waals surface area contributed by atoms with Gasteiger partial charge < -0.3 is 15.5 Å². The molecule has 0 amide bonds. The standard InChI is InChI=1S/C11H17NO2/c1-11(2,14)8-12-7-9-5-3-4-6-10(9)13/h3-6,12-14H,7-8H2,1-2H3. The van der Waals surface area contributed by atoms with Crippen LogP contribution in [0.5, 0.6) is 5.75 Å². The number of benzene rings is 1. The van der Waals surface area contributed by atoms with Crippen molar-refractivity contribution >= 4 is 0 Å². The predicted octanol–water partition coefficient (Wildman–Crippen LogP) is 1.25. The Balaban J connectivity index is 2.43. The second kappa shape index (κ2) is 4.44. The summed E-state index contributed by atoms with van der Waals surface area (Å²) in [5, 5.41) is 21.9. The highest BCUT2D eigenvalue weighted by Gasteiger charge is 2.11. The zero-order chi connectivity index (χ0) is 10.6. The van der Waals surface area contributed by atoms with Gasteiger partial charge in [0.2, 0.25) is 0 Å². The molecular weight excluding hydrogens is 178 g/mol. The maximum Gasteiger partial charge on any atom is 0.120 e. The van der Waals surface area contributed by atoms with E-state index in [2.05, 4.69) is 5.32 Å². The fourth-order valence-corrected chi connectivity index (χ4v) is 1.16. The van der Waals surface area contributed by atoms with Gasteiger partial charge in [0, 0.05) is 18.7 Å². The fraction of sp³-hybridized carbons (Fsp3) is 0.455. The first-order valence-corrected chi connectivity index (χ1v) is 4.69. The molecule has 14 heavy (non-hydrogen) atoms. The number of phenolic OH excluding ortho intramolecular Hbond substituents is 1. The SMILES string of the molecule is CC(C)(O)CNCc1ccccc1O. The molecule has 0 aliphatic rings. The normalized spacial score (nSPS) is 11.6. The van der Waals surface area contributed by atoms with Crippen LogP contribution in [0.25, 0.3) is 0 Å². The Morgan fingerprint density at radius 3 is 2.50 bits per heavy atom. The van der Waals surface area contributed by atoms with Gasteiger partial charge in [-0.3, -0.25) is 0 Å². The van der Waals surface area contributed by atoms with Crippen LogP contribution >= 0.6 is 0 Å². The molecular formula is C11H17NO2. The molecule has 0 radical (unpaired) electrons. The Labute approximate surface area is 84.4 Å². The number of hydrogen-bond acceptors (Lipinski definition) is 3. The second-order valence-electron chi connectivity index (χ2n) is 4.04. The number of hydrogen-bond donors (Lipinski definition) is 3. The zero-order valence-corrected chi connectivity index (χ0v) is 8.62. The molecule has 0 aliphatic heterocycles. The smallest absolute Gasteiger partial charge is 0.120 e. The van der Waals surface area contributed by atoms with Gasteiger partial charge in [0.25, 0.3) is 0 Å². The molecule has 3 heteroatoms. The summed E-state index contributed by atoms with van der Waals surface area (Å²) in [6.07, 6.45) is 0. The van der Waals surface area contributed by atoms with Gasteiger partial charge in [0.05, 0.1) is 5.60 Å². The van der Waals surface area contributed by atoms with Crippen LogP contribution in [0.3, 0.4) is 0 Å². The fourth-order valence-electron chi connectivity index (χ4n) is 1.16. The van der Waals surface area contributed by atoms with Crippen molar-refractivity contribution in [2.24, 2.45) is 0 Å². The highest BCUT2D eigenvalue weighted by atomic mass is 16.3. The first-order valence-electron chi connectivity index (χ1n) is 4.69. The number of aliphatic hydroxyl groups is 1. The molecule has 1 rings (SSSR count). The van der Waals surface area contributed by atoms with Gasteiger partial charge in [0.15, 0.2) is 0 Å². The lowest BCUT2D eigenvalue weighted by Crippen LogP contribution is -2.34. The van der Waals surface area contributed by atoms with Gasteiger partial charge in [-0.05, 0) is 19.9 Å². The van der Waals surface area contributed by atoms with Gasteiger partial charge >= 0.3 is 0 Å². The highest BCUT2D eigenvalue weighted by molar-refractivity contribution is 5.31. The van der Waals surface area contributed by atoms with Crippen molar-refractivity contribution in [3.05, 3.63) is 29.8 Å². The van der Waals surface area contributed by atoms with Crippen molar-refractivity contribution in [1.82, 2.24) is 5.32 Å². The van der Waals surface area contributed by atoms with E-state index in [4.69, 9.17) is 0 Å². The van der Waals surface area contributed by atoms with Crippen molar-refractivity contribution in [1.29, 1.82) is 0 Å². The molecule has 1 aromatic rings. The quantitative estimate of drug-likeness (QED) is 0.677. The van der Waals surface area contributed by atoms with E-state index in [1.165, 1.54) is 0 Å². The van der Waals surface area contributed by atoms with E-state index in [0.717, 1.165) is 5.56 Å². The van der Waals surface area contributed by atoms with Gasteiger partial charge in [0.1, 0.15) is 5.75 Å². The topological polar surface area (TPSA) is 52.5 Å². The van der Waals surface area contributed by atoms with E-state index < -0.39 is 5.60 Å². The van der Waals surface area contributed by atoms with E-state index in [-0.39, 0.29) is 5.75 Å². The number of aromatic hydroxyl groups is 1. The molecule has 0 fully saturated rings. The number of nitrogens with one attached hydrogen (secondary N) is 1. The third-order valence-electron chi connectivity index (χ3n) is 1.86. The molecule has 78 valence electrons. The Kier molecular flexibility index (Phi) is 3.49. The summed E-state index contributed by atoms with van der Waals surface area (Å²) in [6.45, 7) is 4.55. The minimum Gasteiger partial charge on any atom is -0.508 e. The van der Waals surface area contributed by atoms with Crippen LogP contribution in [0.15, 0.2) is 24.3 Å². The lowest BCUT2D eigenvalue weighted by atomic mass is 10.1. The molecule has 0 spiro atoms. The van der Waals surface area contributed by atoms with Gasteiger partial charge in [-0.15, -0.1) is 0 Å². The molecule has 0 heterocycles. The number of para-hydroxylation sites is 1. The monoisotopic (exact) mass is 195 g/mol. The summed E-state index contributed by atoms with van der Waals surface area (Å²) in [5.41, 5.74) is 0.126. The summed E-state index contributed by atoms with van der Waals surface area (Å²) in [7, 11) is 0. The maximum absolute atomic E-state index is 9.44. The number of rotatable bonds is 4. The molecule has 0 saturated heterocycles. The predicted molar refractivity (Wildman–Crippen MR) is 56.1 cm³/mol. The number of phenols is 1. The molecule has 0 bridgehead atoms. The Morgan fingerprint density at radius 2 is 1.93 bits per heavy atom. The van der Waals surface area contributed by atoms with Crippen molar-refractivity contribution in [2.75, 3.05) is 6.54 Å². The van der Waals surface area contributed by atoms with Crippen LogP contribution in [0.4, 0.5) is 0 Å². The van der Waals surface area contributed by atoms with Crippen LogP contribution < -0.4 is 5.32 Å². The molecule has 0 atom stereocenters. The van der Waals surface area contributed by atoms with Crippen molar-refractivity contribution in [3.63, 3.8) is 0 Å². The van der Waals surface area contributed by atoms with Crippen LogP contribution in [-0.4, -0.2) is 22.4 Å². The third kappa shape index (κ3) is 3.77. The molecule has 0 aromatic heterocycles. The summed E-state index contributed by atoms with van der Waals surface area (Å²) in [4.78, 5) is 0. The Morgan fingerprint density at radius 1 is 1.29 bits per heavy atom. The van der Waals surface area contributed by atoms with Crippen molar-refractivity contribution in [3.8, 4) is 5.75 Å². The van der Waals surface area contributed by atoms with E-state index in [1.54, 1.807) is 26.0 Å². The van der Waals surface area contributed by atoms with Crippen LogP contribution in [0, 0.1) is 0 Å². The lowest BCUT2D eigenvalue weighted by molar-refractivity contribution is 0.0794. The largest absolute Gasteiger partial charge is 0.508 e. The van der Waals surface area contributed by atoms with Gasteiger partial charge in [-0.1, -0.05) is 18.2 Å². The van der Waals surface area contributed by atoms with E-state index in [0.29, 0.717) is 13.1 Å². The summed E-state index contributed by atoms with van der Waals surface area (Å²) < 4.78 is 0. The highest BCUT2D eigenvalue weighted by Crippen LogP contribution is 2.14. The van der Waals surface area contributed by atoms with Crippen LogP contribution in [-0.2, 0) is 6.54 Å². The van der Waals surface area contributed by atoms with E-state index >= 15 is 0 Å². The maximum atomic E-state index is 9.44. The second-order valence-corrected chi connectivity index (χ2v) is 4.04. The molecule has 1 aromatic carbocycles. The molecule has 0 unspecified atom stereocenters. The van der Waals surface area contributed by atoms with E-state index in [9.17, 15) is 10.2 Å². The van der Waals surface area contributed by atoms with Gasteiger partial charge in [-0.2, -0.15) is 0 Å². The minimum atomic E-state index is -0.718. The molecule has 0 aliphatic carbocycles. The third-order valence-corrected chi connectivity index (χ3v) is 1.86. The van der Waals surface area contributed by atoms with E-state index in [1.807, 2.05) is 12.1 Å². The van der Waals surface area contributed by atoms with Crippen molar-refractivity contribution < 1.29 is 10.2 Å². The molecule has 3 nitrogen and oxygen atoms in total. The first-order chi connectivity index (χ1) is 6.49. The summed E-state index contributed by atoms with van der Waals surface area (Å²) in [5.74, 6) is 0.288. The summed E-state index contributed by atoms with van der Waals surface area (Å²) >= 11 is 0. The zero-order valence-electron chi connectivity index (χ0n) is 8.62.